The number of carbonyl (C=O) groups excluding carboxylic acids is 1. The van der Waals surface area contributed by atoms with Crippen LogP contribution in [-0.2, 0) is 9.53 Å². The zero-order valence-corrected chi connectivity index (χ0v) is 8.79. The Bertz CT molecular complexity index is 217. The maximum Gasteiger partial charge on any atom is 0.310 e. The zero-order valence-electron chi connectivity index (χ0n) is 8.79. The Kier molecular flexibility index (Phi) is 3.06. The van der Waals surface area contributed by atoms with Crippen LogP contribution in [0.3, 0.4) is 0 Å². The molecule has 0 aromatic rings. The van der Waals surface area contributed by atoms with Gasteiger partial charge in [0.1, 0.15) is 0 Å². The number of rotatable bonds is 4. The molecular weight excluding hydrogens is 178 g/mol. The van der Waals surface area contributed by atoms with Gasteiger partial charge in [0.2, 0.25) is 0 Å². The molecule has 0 spiro atoms. The minimum absolute atomic E-state index is 0.0261. The number of hydrogen-bond acceptors (Lipinski definition) is 3. The fraction of sp³-hybridized carbons (Fsp3) is 0.909. The highest BCUT2D eigenvalue weighted by Crippen LogP contribution is 2.33. The van der Waals surface area contributed by atoms with Crippen molar-refractivity contribution in [2.45, 2.75) is 51.1 Å². The number of fused-ring (bicyclic) bond motifs is 2. The van der Waals surface area contributed by atoms with E-state index in [4.69, 9.17) is 4.74 Å². The number of esters is 1. The maximum absolute atomic E-state index is 11.6. The van der Waals surface area contributed by atoms with Crippen molar-refractivity contribution >= 4 is 5.97 Å². The van der Waals surface area contributed by atoms with E-state index in [1.807, 2.05) is 0 Å². The second-order valence-electron chi connectivity index (χ2n) is 4.41. The van der Waals surface area contributed by atoms with Crippen molar-refractivity contribution in [3.05, 3.63) is 0 Å². The van der Waals surface area contributed by atoms with Gasteiger partial charge in [-0.2, -0.15) is 0 Å². The van der Waals surface area contributed by atoms with Crippen LogP contribution in [0.15, 0.2) is 0 Å². The smallest absolute Gasteiger partial charge is 0.310 e. The molecule has 3 heteroatoms. The molecule has 2 bridgehead atoms. The van der Waals surface area contributed by atoms with Gasteiger partial charge in [0.25, 0.3) is 0 Å². The molecule has 2 fully saturated rings. The summed E-state index contributed by atoms with van der Waals surface area (Å²) in [6.07, 6.45) is 5.46. The average molecular weight is 197 g/mol. The predicted octanol–water partition coefficient (Wildman–Crippen LogP) is 1.47. The summed E-state index contributed by atoms with van der Waals surface area (Å²) in [4.78, 5) is 11.6. The Balaban J connectivity index is 1.75. The summed E-state index contributed by atoms with van der Waals surface area (Å²) in [6.45, 7) is 2.70. The Morgan fingerprint density at radius 2 is 2.36 bits per heavy atom. The molecule has 0 saturated carbocycles. The quantitative estimate of drug-likeness (QED) is 0.548. The molecule has 1 N–H and O–H groups in total. The molecule has 14 heavy (non-hydrogen) atoms. The number of carbonyl (C=O) groups is 1. The van der Waals surface area contributed by atoms with Crippen molar-refractivity contribution in [2.75, 3.05) is 6.61 Å². The zero-order chi connectivity index (χ0) is 9.97. The van der Waals surface area contributed by atoms with Gasteiger partial charge in [-0.25, -0.2) is 0 Å². The Hall–Kier alpha value is -0.570. The van der Waals surface area contributed by atoms with Crippen LogP contribution in [0.4, 0.5) is 0 Å². The molecule has 2 aliphatic heterocycles. The average Bonchev–Trinajstić information content (AvgIpc) is 2.79. The lowest BCUT2D eigenvalue weighted by atomic mass is 9.89. The highest BCUT2D eigenvalue weighted by Gasteiger charge is 2.43. The monoisotopic (exact) mass is 197 g/mol. The summed E-state index contributed by atoms with van der Waals surface area (Å²) in [5.41, 5.74) is 0. The molecule has 3 unspecified atom stereocenters. The molecular formula is C11H19NO2. The third-order valence-corrected chi connectivity index (χ3v) is 3.35. The molecule has 0 aromatic heterocycles. The Morgan fingerprint density at radius 1 is 1.50 bits per heavy atom. The molecule has 0 amide bonds. The molecule has 0 aliphatic carbocycles. The van der Waals surface area contributed by atoms with Gasteiger partial charge in [-0.05, 0) is 25.7 Å². The lowest BCUT2D eigenvalue weighted by Gasteiger charge is -2.18. The number of unbranched alkanes of at least 4 members (excludes halogenated alkanes) is 1. The molecule has 3 nitrogen and oxygen atoms in total. The first kappa shape index (κ1) is 9.97. The van der Waals surface area contributed by atoms with Crippen LogP contribution in [0.1, 0.15) is 39.0 Å². The first-order valence-electron chi connectivity index (χ1n) is 5.74. The second kappa shape index (κ2) is 4.30. The van der Waals surface area contributed by atoms with Gasteiger partial charge in [-0.3, -0.25) is 4.79 Å². The van der Waals surface area contributed by atoms with Gasteiger partial charge in [0.05, 0.1) is 12.5 Å². The largest absolute Gasteiger partial charge is 0.465 e. The fourth-order valence-electron chi connectivity index (χ4n) is 2.51. The van der Waals surface area contributed by atoms with Crippen LogP contribution in [0.5, 0.6) is 0 Å². The van der Waals surface area contributed by atoms with Crippen LogP contribution >= 0.6 is 0 Å². The van der Waals surface area contributed by atoms with E-state index >= 15 is 0 Å². The van der Waals surface area contributed by atoms with Gasteiger partial charge in [0, 0.05) is 12.1 Å². The molecule has 2 saturated heterocycles. The first-order chi connectivity index (χ1) is 6.81. The fourth-order valence-corrected chi connectivity index (χ4v) is 2.51. The number of hydrogen-bond donors (Lipinski definition) is 1. The van der Waals surface area contributed by atoms with Crippen molar-refractivity contribution in [1.29, 1.82) is 0 Å². The maximum atomic E-state index is 11.6. The van der Waals surface area contributed by atoms with Gasteiger partial charge in [-0.1, -0.05) is 13.3 Å². The molecule has 80 valence electrons. The highest BCUT2D eigenvalue weighted by molar-refractivity contribution is 5.74. The minimum atomic E-state index is 0.0261. The van der Waals surface area contributed by atoms with Gasteiger partial charge in [-0.15, -0.1) is 0 Å². The van der Waals surface area contributed by atoms with Gasteiger partial charge >= 0.3 is 5.97 Å². The summed E-state index contributed by atoms with van der Waals surface area (Å²) in [5.74, 6) is 0.170. The Labute approximate surface area is 85.2 Å². The summed E-state index contributed by atoms with van der Waals surface area (Å²) >= 11 is 0. The highest BCUT2D eigenvalue weighted by atomic mass is 16.5. The van der Waals surface area contributed by atoms with E-state index in [-0.39, 0.29) is 11.9 Å². The van der Waals surface area contributed by atoms with E-state index in [1.165, 1.54) is 6.42 Å². The van der Waals surface area contributed by atoms with E-state index in [0.717, 1.165) is 25.7 Å². The summed E-state index contributed by atoms with van der Waals surface area (Å²) in [7, 11) is 0. The SMILES string of the molecule is CCCCOC(=O)C1CC2CCC1N2. The summed E-state index contributed by atoms with van der Waals surface area (Å²) in [5, 5.41) is 3.45. The van der Waals surface area contributed by atoms with E-state index in [9.17, 15) is 4.79 Å². The first-order valence-corrected chi connectivity index (χ1v) is 5.74. The molecule has 2 rings (SSSR count). The van der Waals surface area contributed by atoms with Crippen LogP contribution in [-0.4, -0.2) is 24.7 Å². The number of ether oxygens (including phenoxy) is 1. The van der Waals surface area contributed by atoms with E-state index in [0.29, 0.717) is 18.7 Å². The van der Waals surface area contributed by atoms with Crippen LogP contribution in [0.2, 0.25) is 0 Å². The van der Waals surface area contributed by atoms with Crippen molar-refractivity contribution in [1.82, 2.24) is 5.32 Å². The van der Waals surface area contributed by atoms with Gasteiger partial charge in [0.15, 0.2) is 0 Å². The number of nitrogens with one attached hydrogen (secondary N) is 1. The normalized spacial score (nSPS) is 34.8. The molecule has 0 aromatic carbocycles. The van der Waals surface area contributed by atoms with E-state index < -0.39 is 0 Å². The van der Waals surface area contributed by atoms with Crippen LogP contribution in [0, 0.1) is 5.92 Å². The lowest BCUT2D eigenvalue weighted by molar-refractivity contribution is -0.149. The standard InChI is InChI=1S/C11H19NO2/c1-2-3-6-14-11(13)9-7-8-4-5-10(9)12-8/h8-10,12H,2-7H2,1H3. The molecule has 3 atom stereocenters. The van der Waals surface area contributed by atoms with Crippen LogP contribution < -0.4 is 5.32 Å². The van der Waals surface area contributed by atoms with E-state index in [2.05, 4.69) is 12.2 Å². The van der Waals surface area contributed by atoms with Crippen LogP contribution in [0.25, 0.3) is 0 Å². The topological polar surface area (TPSA) is 38.3 Å². The van der Waals surface area contributed by atoms with Crippen molar-refractivity contribution in [3.63, 3.8) is 0 Å². The third-order valence-electron chi connectivity index (χ3n) is 3.35. The molecule has 2 aliphatic rings. The minimum Gasteiger partial charge on any atom is -0.465 e. The van der Waals surface area contributed by atoms with Crippen molar-refractivity contribution in [3.8, 4) is 0 Å². The second-order valence-corrected chi connectivity index (χ2v) is 4.41. The third kappa shape index (κ3) is 1.92. The van der Waals surface area contributed by atoms with Crippen molar-refractivity contribution < 1.29 is 9.53 Å². The Morgan fingerprint density at radius 3 is 2.93 bits per heavy atom. The van der Waals surface area contributed by atoms with Crippen molar-refractivity contribution in [2.24, 2.45) is 5.92 Å². The lowest BCUT2D eigenvalue weighted by Crippen LogP contribution is -2.30. The molecule has 0 radical (unpaired) electrons. The van der Waals surface area contributed by atoms with Gasteiger partial charge < -0.3 is 10.1 Å². The van der Waals surface area contributed by atoms with E-state index in [1.54, 1.807) is 0 Å². The summed E-state index contributed by atoms with van der Waals surface area (Å²) in [6, 6.07) is 0.998. The molecule has 2 heterocycles. The predicted molar refractivity (Wildman–Crippen MR) is 53.9 cm³/mol. The summed E-state index contributed by atoms with van der Waals surface area (Å²) < 4.78 is 5.24.